The average molecular weight is 473 g/mol. The molecule has 0 radical (unpaired) electrons. The van der Waals surface area contributed by atoms with Gasteiger partial charge in [0, 0.05) is 18.2 Å². The number of rotatable bonds is 8. The molecule has 0 bridgehead atoms. The second-order valence-electron chi connectivity index (χ2n) is 7.62. The van der Waals surface area contributed by atoms with Crippen LogP contribution in [0.1, 0.15) is 53.0 Å². The van der Waals surface area contributed by atoms with Crippen LogP contribution in [0.15, 0.2) is 34.9 Å². The van der Waals surface area contributed by atoms with E-state index in [2.05, 4.69) is 16.0 Å². The monoisotopic (exact) mass is 473 g/mol. The van der Waals surface area contributed by atoms with E-state index < -0.39 is 30.4 Å². The van der Waals surface area contributed by atoms with Gasteiger partial charge in [0.1, 0.15) is 0 Å². The Bertz CT molecular complexity index is 1030. The van der Waals surface area contributed by atoms with Crippen molar-refractivity contribution < 1.29 is 37.8 Å². The maximum atomic E-state index is 12.7. The van der Waals surface area contributed by atoms with E-state index in [0.29, 0.717) is 0 Å². The van der Waals surface area contributed by atoms with E-state index in [-0.39, 0.29) is 34.6 Å². The van der Waals surface area contributed by atoms with Gasteiger partial charge in [0.05, 0.1) is 31.7 Å². The van der Waals surface area contributed by atoms with Crippen LogP contribution in [0.2, 0.25) is 0 Å². The van der Waals surface area contributed by atoms with Crippen molar-refractivity contribution >= 4 is 29.5 Å². The molecule has 0 atom stereocenters. The number of esters is 1. The van der Waals surface area contributed by atoms with Gasteiger partial charge in [0.2, 0.25) is 0 Å². The predicted octanol–water partition coefficient (Wildman–Crippen LogP) is 2.86. The number of hydrogen-bond acceptors (Lipinski definition) is 8. The minimum Gasteiger partial charge on any atom is -0.493 e. The van der Waals surface area contributed by atoms with Crippen LogP contribution < -0.4 is 25.4 Å². The van der Waals surface area contributed by atoms with E-state index >= 15 is 0 Å². The zero-order valence-corrected chi connectivity index (χ0v) is 19.0. The van der Waals surface area contributed by atoms with Gasteiger partial charge in [-0.2, -0.15) is 0 Å². The van der Waals surface area contributed by atoms with E-state index in [1.54, 1.807) is 6.07 Å². The zero-order valence-electron chi connectivity index (χ0n) is 19.0. The molecule has 1 saturated carbocycles. The van der Waals surface area contributed by atoms with Gasteiger partial charge >= 0.3 is 12.0 Å². The summed E-state index contributed by atoms with van der Waals surface area (Å²) in [5.74, 6) is -1.82. The number of imide groups is 1. The SMILES string of the molecule is COc1cc(NC(=O)c2ccco2)c(C(=O)OCC(=O)NC(=O)NC2CCCCC2)cc1OC. The van der Waals surface area contributed by atoms with E-state index in [1.165, 1.54) is 38.7 Å². The van der Waals surface area contributed by atoms with Crippen LogP contribution in [-0.2, 0) is 9.53 Å². The fourth-order valence-electron chi connectivity index (χ4n) is 3.58. The van der Waals surface area contributed by atoms with Crippen LogP contribution in [0, 0.1) is 0 Å². The van der Waals surface area contributed by atoms with Crippen molar-refractivity contribution in [3.05, 3.63) is 41.9 Å². The van der Waals surface area contributed by atoms with Gasteiger partial charge in [-0.3, -0.25) is 14.9 Å². The third-order valence-electron chi connectivity index (χ3n) is 5.26. The molecule has 0 unspecified atom stereocenters. The first-order chi connectivity index (χ1) is 16.4. The summed E-state index contributed by atoms with van der Waals surface area (Å²) < 4.78 is 20.6. The number of amides is 4. The van der Waals surface area contributed by atoms with Crippen LogP contribution >= 0.6 is 0 Å². The van der Waals surface area contributed by atoms with Gasteiger partial charge in [-0.05, 0) is 25.0 Å². The highest BCUT2D eigenvalue weighted by atomic mass is 16.5. The van der Waals surface area contributed by atoms with Crippen LogP contribution in [0.3, 0.4) is 0 Å². The second-order valence-corrected chi connectivity index (χ2v) is 7.62. The van der Waals surface area contributed by atoms with Gasteiger partial charge in [0.25, 0.3) is 11.8 Å². The Morgan fingerprint density at radius 2 is 1.74 bits per heavy atom. The van der Waals surface area contributed by atoms with Crippen molar-refractivity contribution in [2.24, 2.45) is 0 Å². The lowest BCUT2D eigenvalue weighted by Gasteiger charge is -2.22. The van der Waals surface area contributed by atoms with Gasteiger partial charge < -0.3 is 29.3 Å². The first-order valence-electron chi connectivity index (χ1n) is 10.8. The van der Waals surface area contributed by atoms with Crippen molar-refractivity contribution in [3.63, 3.8) is 0 Å². The summed E-state index contributed by atoms with van der Waals surface area (Å²) in [6, 6.07) is 5.08. The first-order valence-corrected chi connectivity index (χ1v) is 10.8. The summed E-state index contributed by atoms with van der Waals surface area (Å²) in [6.07, 6.45) is 6.25. The van der Waals surface area contributed by atoms with Gasteiger partial charge in [-0.25, -0.2) is 9.59 Å². The molecule has 1 aliphatic rings. The molecule has 11 nitrogen and oxygen atoms in total. The number of methoxy groups -OCH3 is 2. The maximum Gasteiger partial charge on any atom is 0.340 e. The van der Waals surface area contributed by atoms with E-state index in [4.69, 9.17) is 18.6 Å². The molecule has 1 aromatic heterocycles. The minimum absolute atomic E-state index is 0.0243. The Balaban J connectivity index is 1.65. The summed E-state index contributed by atoms with van der Waals surface area (Å²) >= 11 is 0. The standard InChI is InChI=1S/C23H27N3O8/c1-31-18-11-15(16(12-19(18)32-2)25-21(28)17-9-6-10-33-17)22(29)34-13-20(27)26-23(30)24-14-7-4-3-5-8-14/h6,9-12,14H,3-5,7-8,13H2,1-2H3,(H,25,28)(H2,24,26,27,30). The second kappa shape index (κ2) is 11.7. The molecule has 0 aliphatic heterocycles. The summed E-state index contributed by atoms with van der Waals surface area (Å²) in [7, 11) is 2.78. The van der Waals surface area contributed by atoms with Gasteiger partial charge in [-0.1, -0.05) is 19.3 Å². The molecule has 3 rings (SSSR count). The number of ether oxygens (including phenoxy) is 3. The molecule has 4 amide bonds. The lowest BCUT2D eigenvalue weighted by Crippen LogP contribution is -2.46. The molecule has 2 aromatic rings. The normalized spacial score (nSPS) is 13.5. The number of furan rings is 1. The van der Waals surface area contributed by atoms with Crippen LogP contribution in [0.5, 0.6) is 11.5 Å². The molecular weight excluding hydrogens is 446 g/mol. The Morgan fingerprint density at radius 3 is 2.38 bits per heavy atom. The summed E-state index contributed by atoms with van der Waals surface area (Å²) in [5, 5.41) is 7.44. The fraction of sp³-hybridized carbons (Fsp3) is 0.391. The molecule has 3 N–H and O–H groups in total. The molecule has 0 spiro atoms. The Labute approximate surface area is 196 Å². The zero-order chi connectivity index (χ0) is 24.5. The Morgan fingerprint density at radius 1 is 1.03 bits per heavy atom. The minimum atomic E-state index is -0.918. The number of hydrogen-bond donors (Lipinski definition) is 3. The van der Waals surface area contributed by atoms with Gasteiger partial charge in [0.15, 0.2) is 23.9 Å². The highest BCUT2D eigenvalue weighted by molar-refractivity contribution is 6.07. The summed E-state index contributed by atoms with van der Waals surface area (Å²) in [5.41, 5.74) is -0.0310. The maximum absolute atomic E-state index is 12.7. The highest BCUT2D eigenvalue weighted by Gasteiger charge is 2.22. The van der Waals surface area contributed by atoms with Crippen molar-refractivity contribution in [3.8, 4) is 11.5 Å². The van der Waals surface area contributed by atoms with Gasteiger partial charge in [-0.15, -0.1) is 0 Å². The van der Waals surface area contributed by atoms with E-state index in [0.717, 1.165) is 32.1 Å². The average Bonchev–Trinajstić information content (AvgIpc) is 3.38. The van der Waals surface area contributed by atoms with Crippen molar-refractivity contribution in [1.29, 1.82) is 0 Å². The van der Waals surface area contributed by atoms with Crippen LogP contribution in [0.4, 0.5) is 10.5 Å². The Hall–Kier alpha value is -4.02. The van der Waals surface area contributed by atoms with E-state index in [1.807, 2.05) is 0 Å². The highest BCUT2D eigenvalue weighted by Crippen LogP contribution is 2.34. The first kappa shape index (κ1) is 24.6. The third kappa shape index (κ3) is 6.50. The molecule has 182 valence electrons. The molecule has 11 heteroatoms. The molecule has 34 heavy (non-hydrogen) atoms. The molecule has 1 aliphatic carbocycles. The topological polar surface area (TPSA) is 145 Å². The number of carbonyl (C=O) groups excluding carboxylic acids is 4. The number of nitrogens with one attached hydrogen (secondary N) is 3. The number of anilines is 1. The number of carbonyl (C=O) groups is 4. The van der Waals surface area contributed by atoms with Crippen molar-refractivity contribution in [2.45, 2.75) is 38.1 Å². The van der Waals surface area contributed by atoms with Crippen LogP contribution in [0.25, 0.3) is 0 Å². The van der Waals surface area contributed by atoms with Crippen LogP contribution in [-0.4, -0.2) is 50.7 Å². The molecule has 1 heterocycles. The number of benzene rings is 1. The summed E-state index contributed by atoms with van der Waals surface area (Å²) in [4.78, 5) is 49.3. The summed E-state index contributed by atoms with van der Waals surface area (Å²) in [6.45, 7) is -0.698. The molecule has 1 fully saturated rings. The lowest BCUT2D eigenvalue weighted by atomic mass is 9.96. The lowest BCUT2D eigenvalue weighted by molar-refractivity contribution is -0.123. The predicted molar refractivity (Wildman–Crippen MR) is 120 cm³/mol. The largest absolute Gasteiger partial charge is 0.493 e. The molecular formula is C23H27N3O8. The third-order valence-corrected chi connectivity index (χ3v) is 5.26. The van der Waals surface area contributed by atoms with Crippen molar-refractivity contribution in [1.82, 2.24) is 10.6 Å². The molecule has 0 saturated heterocycles. The fourth-order valence-corrected chi connectivity index (χ4v) is 3.58. The van der Waals surface area contributed by atoms with E-state index in [9.17, 15) is 19.2 Å². The smallest absolute Gasteiger partial charge is 0.340 e. The molecule has 1 aromatic carbocycles. The van der Waals surface area contributed by atoms with Crippen molar-refractivity contribution in [2.75, 3.05) is 26.1 Å². The number of urea groups is 1. The Kier molecular flexibility index (Phi) is 8.49. The quantitative estimate of drug-likeness (QED) is 0.496.